The maximum absolute atomic E-state index is 11.9. The quantitative estimate of drug-likeness (QED) is 0.937. The van der Waals surface area contributed by atoms with Crippen LogP contribution in [0.1, 0.15) is 44.5 Å². The van der Waals surface area contributed by atoms with Gasteiger partial charge < -0.3 is 9.73 Å². The summed E-state index contributed by atoms with van der Waals surface area (Å²) in [6.45, 7) is 8.07. The minimum absolute atomic E-state index is 0.0592. The second-order valence-corrected chi connectivity index (χ2v) is 6.07. The molecule has 21 heavy (non-hydrogen) atoms. The molecule has 1 amide bonds. The first-order valence-electron chi connectivity index (χ1n) is 7.03. The highest BCUT2D eigenvalue weighted by Gasteiger charge is 2.22. The summed E-state index contributed by atoms with van der Waals surface area (Å²) in [6, 6.07) is 3.59. The highest BCUT2D eigenvalue weighted by atomic mass is 16.4. The van der Waals surface area contributed by atoms with Crippen LogP contribution >= 0.6 is 0 Å². The van der Waals surface area contributed by atoms with Crippen molar-refractivity contribution in [1.82, 2.24) is 9.97 Å². The Morgan fingerprint density at radius 2 is 2.14 bits per heavy atom. The number of oxazole rings is 1. The van der Waals surface area contributed by atoms with Gasteiger partial charge in [0.2, 0.25) is 5.91 Å². The predicted molar refractivity (Wildman–Crippen MR) is 81.1 cm³/mol. The molecule has 5 nitrogen and oxygen atoms in total. The van der Waals surface area contributed by atoms with E-state index in [2.05, 4.69) is 36.1 Å². The number of nitrogens with one attached hydrogen (secondary N) is 1. The van der Waals surface area contributed by atoms with E-state index in [-0.39, 0.29) is 11.3 Å². The van der Waals surface area contributed by atoms with Gasteiger partial charge in [0.1, 0.15) is 5.76 Å². The molecule has 2 rings (SSSR count). The van der Waals surface area contributed by atoms with E-state index in [0.29, 0.717) is 24.4 Å². The summed E-state index contributed by atoms with van der Waals surface area (Å²) in [7, 11) is 0. The molecule has 0 aromatic carbocycles. The molecule has 0 saturated carbocycles. The molecule has 2 aromatic rings. The maximum atomic E-state index is 11.9. The van der Waals surface area contributed by atoms with Gasteiger partial charge in [-0.1, -0.05) is 20.8 Å². The lowest BCUT2D eigenvalue weighted by Crippen LogP contribution is -2.12. The van der Waals surface area contributed by atoms with Crippen LogP contribution in [0.2, 0.25) is 0 Å². The van der Waals surface area contributed by atoms with Gasteiger partial charge in [-0.2, -0.15) is 0 Å². The van der Waals surface area contributed by atoms with E-state index in [4.69, 9.17) is 4.42 Å². The average molecular weight is 287 g/mol. The summed E-state index contributed by atoms with van der Waals surface area (Å²) < 4.78 is 5.78. The number of carbonyl (C=O) groups is 1. The van der Waals surface area contributed by atoms with Crippen LogP contribution in [-0.4, -0.2) is 15.9 Å². The number of amides is 1. The third-order valence-corrected chi connectivity index (χ3v) is 3.06. The van der Waals surface area contributed by atoms with Gasteiger partial charge in [0, 0.05) is 24.5 Å². The zero-order valence-electron chi connectivity index (χ0n) is 12.9. The Morgan fingerprint density at radius 3 is 2.71 bits per heavy atom. The summed E-state index contributed by atoms with van der Waals surface area (Å²) in [5.74, 6) is 1.43. The molecule has 5 heteroatoms. The van der Waals surface area contributed by atoms with Crippen molar-refractivity contribution in [2.24, 2.45) is 0 Å². The van der Waals surface area contributed by atoms with E-state index in [9.17, 15) is 4.79 Å². The van der Waals surface area contributed by atoms with E-state index in [0.717, 1.165) is 11.5 Å². The van der Waals surface area contributed by atoms with Gasteiger partial charge >= 0.3 is 0 Å². The Hall–Kier alpha value is -2.17. The predicted octanol–water partition coefficient (Wildman–Crippen LogP) is 3.25. The van der Waals surface area contributed by atoms with Crippen molar-refractivity contribution in [3.8, 4) is 0 Å². The van der Waals surface area contributed by atoms with E-state index >= 15 is 0 Å². The summed E-state index contributed by atoms with van der Waals surface area (Å²) in [5, 5.41) is 2.81. The number of carbonyl (C=O) groups excluding carboxylic acids is 1. The summed E-state index contributed by atoms with van der Waals surface area (Å²) in [4.78, 5) is 20.3. The fraction of sp³-hybridized carbons (Fsp3) is 0.438. The molecule has 0 aliphatic rings. The second-order valence-electron chi connectivity index (χ2n) is 6.07. The van der Waals surface area contributed by atoms with Crippen LogP contribution in [0.5, 0.6) is 0 Å². The number of pyridine rings is 1. The van der Waals surface area contributed by atoms with Crippen LogP contribution in [-0.2, 0) is 16.6 Å². The first-order valence-corrected chi connectivity index (χ1v) is 7.03. The molecule has 0 atom stereocenters. The molecular weight excluding hydrogens is 266 g/mol. The molecule has 112 valence electrons. The van der Waals surface area contributed by atoms with Crippen molar-refractivity contribution >= 4 is 11.6 Å². The number of aromatic nitrogens is 2. The highest BCUT2D eigenvalue weighted by molar-refractivity contribution is 5.90. The van der Waals surface area contributed by atoms with Gasteiger partial charge in [0.15, 0.2) is 5.89 Å². The molecule has 0 aliphatic carbocycles. The molecule has 0 aliphatic heterocycles. The van der Waals surface area contributed by atoms with Gasteiger partial charge in [0.25, 0.3) is 0 Å². The van der Waals surface area contributed by atoms with Crippen molar-refractivity contribution in [1.29, 1.82) is 0 Å². The van der Waals surface area contributed by atoms with Gasteiger partial charge in [-0.05, 0) is 19.1 Å². The molecule has 0 fully saturated rings. The lowest BCUT2D eigenvalue weighted by Gasteiger charge is -2.12. The van der Waals surface area contributed by atoms with Crippen molar-refractivity contribution in [2.45, 2.75) is 46.0 Å². The molecule has 0 unspecified atom stereocenters. The Labute approximate surface area is 124 Å². The second kappa shape index (κ2) is 6.08. The normalized spacial score (nSPS) is 11.4. The highest BCUT2D eigenvalue weighted by Crippen LogP contribution is 2.24. The van der Waals surface area contributed by atoms with Gasteiger partial charge in [0.05, 0.1) is 17.6 Å². The van der Waals surface area contributed by atoms with Crippen molar-refractivity contribution in [2.75, 3.05) is 5.32 Å². The Kier molecular flexibility index (Phi) is 4.40. The van der Waals surface area contributed by atoms with E-state index in [1.54, 1.807) is 18.5 Å². The number of nitrogens with zero attached hydrogens (tertiary/aromatic N) is 2. The number of aryl methyl sites for hydroxylation is 2. The molecule has 0 bridgehead atoms. The Bertz CT molecular complexity index is 612. The summed E-state index contributed by atoms with van der Waals surface area (Å²) in [5.41, 5.74) is 1.43. The van der Waals surface area contributed by atoms with Crippen LogP contribution in [0.3, 0.4) is 0 Å². The summed E-state index contributed by atoms with van der Waals surface area (Å²) >= 11 is 0. The number of hydrogen-bond acceptors (Lipinski definition) is 4. The zero-order valence-corrected chi connectivity index (χ0v) is 12.9. The Morgan fingerprint density at radius 1 is 1.38 bits per heavy atom. The van der Waals surface area contributed by atoms with E-state index in [1.165, 1.54) is 0 Å². The van der Waals surface area contributed by atoms with Crippen LogP contribution in [0.4, 0.5) is 5.69 Å². The SMILES string of the molecule is Cc1nc(C(C)(C)C)oc1CCC(=O)Nc1cccnc1. The first-order chi connectivity index (χ1) is 9.86. The fourth-order valence-corrected chi connectivity index (χ4v) is 1.87. The summed E-state index contributed by atoms with van der Waals surface area (Å²) in [6.07, 6.45) is 4.19. The zero-order chi connectivity index (χ0) is 15.5. The largest absolute Gasteiger partial charge is 0.445 e. The molecule has 0 spiro atoms. The minimum atomic E-state index is -0.124. The van der Waals surface area contributed by atoms with Crippen LogP contribution < -0.4 is 5.32 Å². The minimum Gasteiger partial charge on any atom is -0.445 e. The molecule has 1 N–H and O–H groups in total. The molecule has 2 heterocycles. The third kappa shape index (κ3) is 4.15. The first kappa shape index (κ1) is 15.2. The van der Waals surface area contributed by atoms with Gasteiger partial charge in [-0.25, -0.2) is 4.98 Å². The third-order valence-electron chi connectivity index (χ3n) is 3.06. The molecular formula is C16H21N3O2. The molecule has 2 aromatic heterocycles. The van der Waals surface area contributed by atoms with Crippen molar-refractivity contribution in [3.05, 3.63) is 41.9 Å². The lowest BCUT2D eigenvalue weighted by atomic mass is 9.97. The average Bonchev–Trinajstić information content (AvgIpc) is 2.79. The smallest absolute Gasteiger partial charge is 0.224 e. The van der Waals surface area contributed by atoms with E-state index < -0.39 is 0 Å². The van der Waals surface area contributed by atoms with Crippen LogP contribution in [0.15, 0.2) is 28.9 Å². The van der Waals surface area contributed by atoms with Crippen LogP contribution in [0, 0.1) is 6.92 Å². The van der Waals surface area contributed by atoms with E-state index in [1.807, 2.05) is 13.0 Å². The fourth-order valence-electron chi connectivity index (χ4n) is 1.87. The monoisotopic (exact) mass is 287 g/mol. The Balaban J connectivity index is 1.94. The van der Waals surface area contributed by atoms with Crippen molar-refractivity contribution in [3.63, 3.8) is 0 Å². The number of anilines is 1. The standard InChI is InChI=1S/C16H21N3O2/c1-11-13(21-15(18-11)16(2,3)4)7-8-14(20)19-12-6-5-9-17-10-12/h5-6,9-10H,7-8H2,1-4H3,(H,19,20). The molecule has 0 radical (unpaired) electrons. The van der Waals surface area contributed by atoms with Crippen molar-refractivity contribution < 1.29 is 9.21 Å². The number of rotatable bonds is 4. The lowest BCUT2D eigenvalue weighted by molar-refractivity contribution is -0.116. The van der Waals surface area contributed by atoms with Crippen LogP contribution in [0.25, 0.3) is 0 Å². The van der Waals surface area contributed by atoms with Gasteiger partial charge in [-0.3, -0.25) is 9.78 Å². The van der Waals surface area contributed by atoms with Gasteiger partial charge in [-0.15, -0.1) is 0 Å². The number of hydrogen-bond donors (Lipinski definition) is 1. The topological polar surface area (TPSA) is 68.0 Å². The molecule has 0 saturated heterocycles. The maximum Gasteiger partial charge on any atom is 0.224 e.